The molecule has 29 heavy (non-hydrogen) atoms. The van der Waals surface area contributed by atoms with Crippen molar-refractivity contribution in [2.24, 2.45) is 0 Å². The van der Waals surface area contributed by atoms with E-state index < -0.39 is 0 Å². The predicted molar refractivity (Wildman–Crippen MR) is 111 cm³/mol. The Labute approximate surface area is 171 Å². The molecule has 1 aliphatic heterocycles. The minimum atomic E-state index is -0.0967. The molecule has 2 amide bonds. The number of carbonyl (C=O) groups is 2. The van der Waals surface area contributed by atoms with Gasteiger partial charge in [-0.25, -0.2) is 0 Å². The number of benzene rings is 2. The summed E-state index contributed by atoms with van der Waals surface area (Å²) in [7, 11) is 0. The Morgan fingerprint density at radius 3 is 2.17 bits per heavy atom. The zero-order valence-corrected chi connectivity index (χ0v) is 17.0. The molecule has 1 fully saturated rings. The second kappa shape index (κ2) is 9.96. The number of rotatable bonds is 7. The first-order chi connectivity index (χ1) is 14.0. The van der Waals surface area contributed by atoms with Gasteiger partial charge in [-0.05, 0) is 63.1 Å². The maximum atomic E-state index is 12.4. The summed E-state index contributed by atoms with van der Waals surface area (Å²) in [6, 6.07) is 14.8. The van der Waals surface area contributed by atoms with Crippen LogP contribution in [-0.4, -0.2) is 49.1 Å². The number of likely N-dealkylation sites (tertiary alicyclic amines) is 1. The van der Waals surface area contributed by atoms with Crippen LogP contribution >= 0.6 is 0 Å². The van der Waals surface area contributed by atoms with Gasteiger partial charge in [-0.3, -0.25) is 9.59 Å². The molecule has 0 saturated carbocycles. The number of nitrogens with zero attached hydrogens (tertiary/aromatic N) is 1. The SMILES string of the molecule is CCOc1ccc(C(=O)NC2CCN(C(=O)COc3ccc(C)cc3)CC2)cc1. The minimum absolute atomic E-state index is 0.0261. The average Bonchev–Trinajstić information content (AvgIpc) is 2.74. The van der Waals surface area contributed by atoms with Crippen LogP contribution in [-0.2, 0) is 4.79 Å². The lowest BCUT2D eigenvalue weighted by Gasteiger charge is -2.32. The van der Waals surface area contributed by atoms with Crippen LogP contribution in [0, 0.1) is 6.92 Å². The number of ether oxygens (including phenoxy) is 2. The van der Waals surface area contributed by atoms with Crippen molar-refractivity contribution in [3.8, 4) is 11.5 Å². The average molecular weight is 396 g/mol. The monoisotopic (exact) mass is 396 g/mol. The predicted octanol–water partition coefficient (Wildman–Crippen LogP) is 3.19. The third-order valence-corrected chi connectivity index (χ3v) is 4.99. The van der Waals surface area contributed by atoms with Crippen LogP contribution in [0.1, 0.15) is 35.7 Å². The van der Waals surface area contributed by atoms with Crippen molar-refractivity contribution in [1.29, 1.82) is 0 Å². The van der Waals surface area contributed by atoms with Crippen molar-refractivity contribution < 1.29 is 19.1 Å². The Hall–Kier alpha value is -3.02. The summed E-state index contributed by atoms with van der Waals surface area (Å²) >= 11 is 0. The maximum absolute atomic E-state index is 12.4. The van der Waals surface area contributed by atoms with E-state index in [0.29, 0.717) is 31.0 Å². The zero-order chi connectivity index (χ0) is 20.6. The van der Waals surface area contributed by atoms with Crippen molar-refractivity contribution in [1.82, 2.24) is 10.2 Å². The Kier molecular flexibility index (Phi) is 7.11. The topological polar surface area (TPSA) is 67.9 Å². The lowest BCUT2D eigenvalue weighted by molar-refractivity contribution is -0.134. The van der Waals surface area contributed by atoms with Crippen LogP contribution in [0.25, 0.3) is 0 Å². The Morgan fingerprint density at radius 1 is 0.966 bits per heavy atom. The minimum Gasteiger partial charge on any atom is -0.494 e. The zero-order valence-electron chi connectivity index (χ0n) is 17.0. The molecule has 3 rings (SSSR count). The van der Waals surface area contributed by atoms with E-state index in [1.807, 2.05) is 38.1 Å². The number of aryl methyl sites for hydroxylation is 1. The molecule has 0 radical (unpaired) electrons. The number of hydrogen-bond donors (Lipinski definition) is 1. The van der Waals surface area contributed by atoms with Gasteiger partial charge in [0.05, 0.1) is 6.61 Å². The molecule has 154 valence electrons. The lowest BCUT2D eigenvalue weighted by atomic mass is 10.0. The van der Waals surface area contributed by atoms with Crippen molar-refractivity contribution >= 4 is 11.8 Å². The van der Waals surface area contributed by atoms with E-state index in [9.17, 15) is 9.59 Å². The van der Waals surface area contributed by atoms with E-state index in [4.69, 9.17) is 9.47 Å². The summed E-state index contributed by atoms with van der Waals surface area (Å²) in [5.74, 6) is 1.33. The molecule has 0 atom stereocenters. The second-order valence-corrected chi connectivity index (χ2v) is 7.19. The first-order valence-electron chi connectivity index (χ1n) is 10.1. The van der Waals surface area contributed by atoms with Gasteiger partial charge in [0.25, 0.3) is 11.8 Å². The quantitative estimate of drug-likeness (QED) is 0.780. The molecular weight excluding hydrogens is 368 g/mol. The fourth-order valence-electron chi connectivity index (χ4n) is 3.28. The van der Waals surface area contributed by atoms with Crippen molar-refractivity contribution in [2.75, 3.05) is 26.3 Å². The third-order valence-electron chi connectivity index (χ3n) is 4.99. The molecular formula is C23H28N2O4. The lowest BCUT2D eigenvalue weighted by Crippen LogP contribution is -2.47. The van der Waals surface area contributed by atoms with E-state index in [1.165, 1.54) is 0 Å². The Morgan fingerprint density at radius 2 is 1.55 bits per heavy atom. The highest BCUT2D eigenvalue weighted by atomic mass is 16.5. The molecule has 0 aromatic heterocycles. The Balaban J connectivity index is 1.41. The van der Waals surface area contributed by atoms with Gasteiger partial charge < -0.3 is 19.7 Å². The molecule has 2 aromatic carbocycles. The molecule has 6 nitrogen and oxygen atoms in total. The van der Waals surface area contributed by atoms with E-state index in [0.717, 1.165) is 24.2 Å². The molecule has 0 aliphatic carbocycles. The molecule has 1 heterocycles. The van der Waals surface area contributed by atoms with Crippen LogP contribution in [0.4, 0.5) is 0 Å². The summed E-state index contributed by atoms with van der Waals surface area (Å²) in [4.78, 5) is 26.6. The summed E-state index contributed by atoms with van der Waals surface area (Å²) < 4.78 is 11.0. The van der Waals surface area contributed by atoms with E-state index in [1.54, 1.807) is 29.2 Å². The standard InChI is InChI=1S/C23H28N2O4/c1-3-28-20-10-6-18(7-11-20)23(27)24-19-12-14-25(15-13-19)22(26)16-29-21-8-4-17(2)5-9-21/h4-11,19H,3,12-16H2,1-2H3,(H,24,27). The van der Waals surface area contributed by atoms with Crippen molar-refractivity contribution in [2.45, 2.75) is 32.7 Å². The van der Waals surface area contributed by atoms with Gasteiger partial charge in [0, 0.05) is 24.7 Å². The van der Waals surface area contributed by atoms with Crippen molar-refractivity contribution in [3.05, 3.63) is 59.7 Å². The van der Waals surface area contributed by atoms with Crippen LogP contribution in [0.15, 0.2) is 48.5 Å². The molecule has 0 spiro atoms. The number of amides is 2. The molecule has 1 saturated heterocycles. The fourth-order valence-corrected chi connectivity index (χ4v) is 3.28. The van der Waals surface area contributed by atoms with E-state index in [-0.39, 0.29) is 24.5 Å². The third kappa shape index (κ3) is 5.98. The van der Waals surface area contributed by atoms with Crippen molar-refractivity contribution in [3.63, 3.8) is 0 Å². The van der Waals surface area contributed by atoms with Gasteiger partial charge in [0.1, 0.15) is 11.5 Å². The first-order valence-corrected chi connectivity index (χ1v) is 10.1. The first kappa shape index (κ1) is 20.7. The summed E-state index contributed by atoms with van der Waals surface area (Å²) in [6.45, 7) is 5.79. The summed E-state index contributed by atoms with van der Waals surface area (Å²) in [6.07, 6.45) is 1.47. The van der Waals surface area contributed by atoms with Crippen LogP contribution in [0.3, 0.4) is 0 Å². The highest BCUT2D eigenvalue weighted by Gasteiger charge is 2.24. The van der Waals surface area contributed by atoms with E-state index >= 15 is 0 Å². The molecule has 0 unspecified atom stereocenters. The summed E-state index contributed by atoms with van der Waals surface area (Å²) in [5, 5.41) is 3.06. The highest BCUT2D eigenvalue weighted by Crippen LogP contribution is 2.16. The number of nitrogens with one attached hydrogen (secondary N) is 1. The number of hydrogen-bond acceptors (Lipinski definition) is 4. The molecule has 1 N–H and O–H groups in total. The van der Waals surface area contributed by atoms with Gasteiger partial charge in [0.15, 0.2) is 6.61 Å². The number of carbonyl (C=O) groups excluding carboxylic acids is 2. The van der Waals surface area contributed by atoms with Gasteiger partial charge >= 0.3 is 0 Å². The molecule has 2 aromatic rings. The smallest absolute Gasteiger partial charge is 0.260 e. The van der Waals surface area contributed by atoms with Crippen LogP contribution in [0.5, 0.6) is 11.5 Å². The van der Waals surface area contributed by atoms with Gasteiger partial charge in [-0.1, -0.05) is 17.7 Å². The highest BCUT2D eigenvalue weighted by molar-refractivity contribution is 5.94. The maximum Gasteiger partial charge on any atom is 0.260 e. The van der Waals surface area contributed by atoms with Crippen LogP contribution in [0.2, 0.25) is 0 Å². The van der Waals surface area contributed by atoms with Gasteiger partial charge in [0.2, 0.25) is 0 Å². The van der Waals surface area contributed by atoms with Crippen LogP contribution < -0.4 is 14.8 Å². The molecule has 0 bridgehead atoms. The molecule has 1 aliphatic rings. The fraction of sp³-hybridized carbons (Fsp3) is 0.391. The number of piperidine rings is 1. The largest absolute Gasteiger partial charge is 0.494 e. The second-order valence-electron chi connectivity index (χ2n) is 7.19. The van der Waals surface area contributed by atoms with Gasteiger partial charge in [-0.2, -0.15) is 0 Å². The Bertz CT molecular complexity index is 810. The van der Waals surface area contributed by atoms with E-state index in [2.05, 4.69) is 5.32 Å². The van der Waals surface area contributed by atoms with Gasteiger partial charge in [-0.15, -0.1) is 0 Å². The molecule has 6 heteroatoms. The summed E-state index contributed by atoms with van der Waals surface area (Å²) in [5.41, 5.74) is 1.76. The normalized spacial score (nSPS) is 14.3.